The zero-order valence-electron chi connectivity index (χ0n) is 31.0. The highest BCUT2D eigenvalue weighted by molar-refractivity contribution is 6.12. The van der Waals surface area contributed by atoms with Crippen molar-refractivity contribution in [1.82, 2.24) is 44.0 Å². The molecule has 10 nitrogen and oxygen atoms in total. The number of aromatic nitrogens is 9. The molecule has 0 saturated heterocycles. The summed E-state index contributed by atoms with van der Waals surface area (Å²) in [6, 6.07) is 39.4. The molecule has 0 atom stereocenters. The van der Waals surface area contributed by atoms with Crippen molar-refractivity contribution in [1.29, 1.82) is 0 Å². The SMILES string of the molecule is [C-]#[N+]c1cccc(-c2cc(-n3c4ccccc4c4cc(-c5nc(C)nc(C)n5)ccc43)ncc2-n2c3ccccc3c3cc(-c4nc(C)nc(C)n4)ccc32)c1. The van der Waals surface area contributed by atoms with Gasteiger partial charge in [0.05, 0.1) is 40.5 Å². The summed E-state index contributed by atoms with van der Waals surface area (Å²) in [5.41, 5.74) is 9.24. The topological polar surface area (TPSA) is 104 Å². The first-order valence-electron chi connectivity index (χ1n) is 18.3. The number of benzene rings is 5. The third-order valence-corrected chi connectivity index (χ3v) is 10.2. The van der Waals surface area contributed by atoms with Gasteiger partial charge in [-0.1, -0.05) is 54.6 Å². The first kappa shape index (κ1) is 33.0. The van der Waals surface area contributed by atoms with Crippen LogP contribution in [0.3, 0.4) is 0 Å². The van der Waals surface area contributed by atoms with Gasteiger partial charge in [0.1, 0.15) is 29.1 Å². The highest BCUT2D eigenvalue weighted by atomic mass is 15.1. The molecule has 0 aliphatic rings. The van der Waals surface area contributed by atoms with Crippen LogP contribution in [0.4, 0.5) is 5.69 Å². The Balaban J connectivity index is 1.22. The number of fused-ring (bicyclic) bond motifs is 6. The van der Waals surface area contributed by atoms with E-state index in [1.807, 2.05) is 52.1 Å². The summed E-state index contributed by atoms with van der Waals surface area (Å²) in [5, 5.41) is 4.33. The highest BCUT2D eigenvalue weighted by Crippen LogP contribution is 2.40. The molecule has 10 heteroatoms. The molecule has 5 aromatic heterocycles. The van der Waals surface area contributed by atoms with Crippen molar-refractivity contribution in [3.63, 3.8) is 0 Å². The monoisotopic (exact) mass is 724 g/mol. The highest BCUT2D eigenvalue weighted by Gasteiger charge is 2.21. The molecule has 0 amide bonds. The number of para-hydroxylation sites is 2. The van der Waals surface area contributed by atoms with Crippen molar-refractivity contribution in [3.05, 3.63) is 156 Å². The van der Waals surface area contributed by atoms with Crippen LogP contribution in [0.25, 0.3) is 93.9 Å². The average Bonchev–Trinajstić information content (AvgIpc) is 3.72. The van der Waals surface area contributed by atoms with E-state index in [9.17, 15) is 0 Å². The molecular weight excluding hydrogens is 693 g/mol. The third-order valence-electron chi connectivity index (χ3n) is 10.2. The van der Waals surface area contributed by atoms with E-state index in [-0.39, 0.29) is 0 Å². The van der Waals surface area contributed by atoms with Crippen molar-refractivity contribution in [2.75, 3.05) is 0 Å². The summed E-state index contributed by atoms with van der Waals surface area (Å²) >= 11 is 0. The minimum absolute atomic E-state index is 0.565. The Hall–Kier alpha value is -7.64. The van der Waals surface area contributed by atoms with Gasteiger partial charge in [0.25, 0.3) is 0 Å². The molecule has 0 fully saturated rings. The maximum absolute atomic E-state index is 7.85. The number of pyridine rings is 1. The summed E-state index contributed by atoms with van der Waals surface area (Å²) in [4.78, 5) is 36.4. The van der Waals surface area contributed by atoms with Gasteiger partial charge >= 0.3 is 0 Å². The molecular formula is C46H32N10. The Kier molecular flexibility index (Phi) is 7.50. The molecule has 0 bridgehead atoms. The first-order valence-corrected chi connectivity index (χ1v) is 18.3. The first-order chi connectivity index (χ1) is 27.3. The molecule has 0 saturated carbocycles. The maximum Gasteiger partial charge on any atom is 0.187 e. The van der Waals surface area contributed by atoms with Crippen LogP contribution in [0.2, 0.25) is 0 Å². The van der Waals surface area contributed by atoms with Gasteiger partial charge in [-0.05, 0) is 93.9 Å². The molecule has 0 N–H and O–H groups in total. The van der Waals surface area contributed by atoms with Crippen LogP contribution in [0, 0.1) is 34.3 Å². The zero-order chi connectivity index (χ0) is 38.1. The maximum atomic E-state index is 7.85. The van der Waals surface area contributed by atoms with Gasteiger partial charge in [0.15, 0.2) is 17.3 Å². The molecule has 10 rings (SSSR count). The third kappa shape index (κ3) is 5.36. The van der Waals surface area contributed by atoms with Gasteiger partial charge in [-0.25, -0.2) is 39.7 Å². The fourth-order valence-corrected chi connectivity index (χ4v) is 7.93. The van der Waals surface area contributed by atoms with Gasteiger partial charge in [-0.2, -0.15) is 0 Å². The molecule has 0 aliphatic heterocycles. The van der Waals surface area contributed by atoms with Gasteiger partial charge in [-0.15, -0.1) is 0 Å². The van der Waals surface area contributed by atoms with E-state index in [1.165, 1.54) is 0 Å². The fourth-order valence-electron chi connectivity index (χ4n) is 7.93. The van der Waals surface area contributed by atoms with Gasteiger partial charge in [-0.3, -0.25) is 4.57 Å². The number of hydrogen-bond acceptors (Lipinski definition) is 7. The summed E-state index contributed by atoms with van der Waals surface area (Å²) in [5.74, 6) is 4.79. The summed E-state index contributed by atoms with van der Waals surface area (Å²) in [7, 11) is 0. The minimum atomic E-state index is 0.565. The number of rotatable bonds is 5. The smallest absolute Gasteiger partial charge is 0.187 e. The molecule has 0 spiro atoms. The lowest BCUT2D eigenvalue weighted by atomic mass is 10.0. The van der Waals surface area contributed by atoms with Crippen LogP contribution >= 0.6 is 0 Å². The molecule has 266 valence electrons. The van der Waals surface area contributed by atoms with E-state index in [1.54, 1.807) is 0 Å². The fraction of sp³-hybridized carbons (Fsp3) is 0.0870. The molecule has 5 heterocycles. The molecule has 5 aromatic carbocycles. The van der Waals surface area contributed by atoms with Crippen LogP contribution in [-0.4, -0.2) is 44.0 Å². The minimum Gasteiger partial charge on any atom is -0.307 e. The molecule has 56 heavy (non-hydrogen) atoms. The lowest BCUT2D eigenvalue weighted by Gasteiger charge is -2.17. The van der Waals surface area contributed by atoms with Gasteiger partial charge in [0.2, 0.25) is 0 Å². The standard InChI is InChI=1S/C46H32N10/c1-26-49-27(2)52-45(51-26)31-17-19-41-37(22-31)34-13-6-8-15-39(34)55(41)43-25-48-44(24-36(43)30-11-10-12-33(21-30)47-5)56-40-16-9-7-14-35(40)38-23-32(18-20-42(38)56)46-53-28(3)50-29(4)54-46/h6-25H,1-4H3. The number of aryl methyl sites for hydroxylation is 4. The Bertz CT molecular complexity index is 3240. The van der Waals surface area contributed by atoms with Crippen molar-refractivity contribution in [2.45, 2.75) is 27.7 Å². The van der Waals surface area contributed by atoms with E-state index < -0.39 is 0 Å². The van der Waals surface area contributed by atoms with E-state index in [4.69, 9.17) is 11.6 Å². The van der Waals surface area contributed by atoms with E-state index >= 15 is 0 Å². The van der Waals surface area contributed by atoms with Crippen LogP contribution in [0.1, 0.15) is 23.3 Å². The number of nitrogens with zero attached hydrogens (tertiary/aromatic N) is 10. The van der Waals surface area contributed by atoms with Gasteiger partial charge < -0.3 is 4.57 Å². The van der Waals surface area contributed by atoms with Crippen LogP contribution in [-0.2, 0) is 0 Å². The van der Waals surface area contributed by atoms with E-state index in [2.05, 4.69) is 141 Å². The van der Waals surface area contributed by atoms with Crippen LogP contribution < -0.4 is 0 Å². The van der Waals surface area contributed by atoms with Crippen LogP contribution in [0.5, 0.6) is 0 Å². The summed E-state index contributed by atoms with van der Waals surface area (Å²) < 4.78 is 4.48. The van der Waals surface area contributed by atoms with Crippen molar-refractivity contribution < 1.29 is 0 Å². The Morgan fingerprint density at radius 3 is 1.55 bits per heavy atom. The second kappa shape index (κ2) is 12.7. The Morgan fingerprint density at radius 1 is 0.464 bits per heavy atom. The summed E-state index contributed by atoms with van der Waals surface area (Å²) in [6.45, 7) is 15.4. The lowest BCUT2D eigenvalue weighted by Crippen LogP contribution is -2.03. The van der Waals surface area contributed by atoms with Crippen molar-refractivity contribution >= 4 is 49.3 Å². The quantitative estimate of drug-likeness (QED) is 0.163. The normalized spacial score (nSPS) is 11.6. The second-order valence-electron chi connectivity index (χ2n) is 13.9. The predicted molar refractivity (Wildman–Crippen MR) is 221 cm³/mol. The van der Waals surface area contributed by atoms with E-state index in [0.29, 0.717) is 40.6 Å². The van der Waals surface area contributed by atoms with E-state index in [0.717, 1.165) is 77.4 Å². The largest absolute Gasteiger partial charge is 0.307 e. The molecule has 0 unspecified atom stereocenters. The zero-order valence-corrected chi connectivity index (χ0v) is 31.0. The Morgan fingerprint density at radius 2 is 0.982 bits per heavy atom. The Labute approximate surface area is 321 Å². The molecule has 10 aromatic rings. The predicted octanol–water partition coefficient (Wildman–Crippen LogP) is 10.4. The lowest BCUT2D eigenvalue weighted by molar-refractivity contribution is 0.928. The average molecular weight is 725 g/mol. The van der Waals surface area contributed by atoms with Crippen LogP contribution in [0.15, 0.2) is 121 Å². The molecule has 0 aliphatic carbocycles. The number of hydrogen-bond donors (Lipinski definition) is 0. The second-order valence-corrected chi connectivity index (χ2v) is 13.9. The summed E-state index contributed by atoms with van der Waals surface area (Å²) in [6.07, 6.45) is 1.96. The molecule has 0 radical (unpaired) electrons. The van der Waals surface area contributed by atoms with Crippen molar-refractivity contribution in [3.8, 4) is 45.4 Å². The van der Waals surface area contributed by atoms with Crippen molar-refractivity contribution in [2.24, 2.45) is 0 Å². The van der Waals surface area contributed by atoms with Gasteiger partial charge in [0, 0.05) is 38.2 Å².